The van der Waals surface area contributed by atoms with Crippen molar-refractivity contribution in [3.05, 3.63) is 33.8 Å². The van der Waals surface area contributed by atoms with E-state index in [0.29, 0.717) is 17.6 Å². The van der Waals surface area contributed by atoms with Gasteiger partial charge in [0.15, 0.2) is 11.6 Å². The molecule has 104 valence electrons. The van der Waals surface area contributed by atoms with Crippen LogP contribution in [-0.2, 0) is 0 Å². The molecule has 1 amide bonds. The number of benzene rings is 1. The predicted octanol–water partition coefficient (Wildman–Crippen LogP) is 2.51. The molecule has 0 atom stereocenters. The van der Waals surface area contributed by atoms with Crippen LogP contribution in [-0.4, -0.2) is 48.4 Å². The van der Waals surface area contributed by atoms with Crippen molar-refractivity contribution in [2.75, 3.05) is 32.7 Å². The van der Waals surface area contributed by atoms with E-state index in [2.05, 4.69) is 27.8 Å². The Bertz CT molecular complexity index is 488. The zero-order chi connectivity index (χ0) is 14.0. The molecule has 1 heterocycles. The molecule has 1 aliphatic rings. The van der Waals surface area contributed by atoms with Gasteiger partial charge < -0.3 is 9.80 Å². The highest BCUT2D eigenvalue weighted by Gasteiger charge is 2.25. The minimum absolute atomic E-state index is 0.211. The van der Waals surface area contributed by atoms with Crippen molar-refractivity contribution in [2.24, 2.45) is 0 Å². The summed E-state index contributed by atoms with van der Waals surface area (Å²) in [5, 5.41) is 0. The molecule has 0 unspecified atom stereocenters. The van der Waals surface area contributed by atoms with Crippen LogP contribution in [0.3, 0.4) is 0 Å². The second-order valence-electron chi connectivity index (χ2n) is 4.48. The lowest BCUT2D eigenvalue weighted by atomic mass is 10.1. The first-order valence-electron chi connectivity index (χ1n) is 6.19. The summed E-state index contributed by atoms with van der Waals surface area (Å²) in [6, 6.07) is 2.34. The second-order valence-corrected chi connectivity index (χ2v) is 5.39. The van der Waals surface area contributed by atoms with E-state index in [1.807, 2.05) is 0 Å². The van der Waals surface area contributed by atoms with E-state index in [9.17, 15) is 13.6 Å². The van der Waals surface area contributed by atoms with Crippen LogP contribution >= 0.6 is 15.9 Å². The van der Waals surface area contributed by atoms with E-state index in [1.54, 1.807) is 4.90 Å². The third-order valence-electron chi connectivity index (χ3n) is 3.33. The Balaban J connectivity index is 2.17. The van der Waals surface area contributed by atoms with Crippen LogP contribution in [0.5, 0.6) is 0 Å². The fourth-order valence-corrected chi connectivity index (χ4v) is 2.58. The first-order chi connectivity index (χ1) is 9.02. The standard InChI is InChI=1S/C13H15BrF2N2O/c1-2-17-3-5-18(6-4-17)13(19)10-7-9(14)8-11(15)12(10)16/h7-8H,2-6H2,1H3. The van der Waals surface area contributed by atoms with E-state index in [-0.39, 0.29) is 5.56 Å². The molecule has 0 radical (unpaired) electrons. The highest BCUT2D eigenvalue weighted by atomic mass is 79.9. The molecule has 0 aromatic heterocycles. The first-order valence-corrected chi connectivity index (χ1v) is 6.98. The van der Waals surface area contributed by atoms with Gasteiger partial charge in [0.1, 0.15) is 0 Å². The molecule has 19 heavy (non-hydrogen) atoms. The lowest BCUT2D eigenvalue weighted by Gasteiger charge is -2.34. The van der Waals surface area contributed by atoms with Crippen LogP contribution in [0.15, 0.2) is 16.6 Å². The maximum Gasteiger partial charge on any atom is 0.257 e. The average Bonchev–Trinajstić information content (AvgIpc) is 2.42. The molecule has 3 nitrogen and oxygen atoms in total. The number of hydrogen-bond donors (Lipinski definition) is 0. The molecule has 1 fully saturated rings. The van der Waals surface area contributed by atoms with Gasteiger partial charge in [-0.25, -0.2) is 8.78 Å². The summed E-state index contributed by atoms with van der Waals surface area (Å²) in [6.07, 6.45) is 0. The normalized spacial score (nSPS) is 16.7. The van der Waals surface area contributed by atoms with Crippen molar-refractivity contribution < 1.29 is 13.6 Å². The molecule has 2 rings (SSSR count). The highest BCUT2D eigenvalue weighted by Crippen LogP contribution is 2.21. The van der Waals surface area contributed by atoms with Crippen LogP contribution < -0.4 is 0 Å². The summed E-state index contributed by atoms with van der Waals surface area (Å²) in [4.78, 5) is 16.0. The highest BCUT2D eigenvalue weighted by molar-refractivity contribution is 9.10. The number of carbonyl (C=O) groups excluding carboxylic acids is 1. The third-order valence-corrected chi connectivity index (χ3v) is 3.79. The van der Waals surface area contributed by atoms with Crippen molar-refractivity contribution in [2.45, 2.75) is 6.92 Å². The Labute approximate surface area is 119 Å². The quantitative estimate of drug-likeness (QED) is 0.777. The van der Waals surface area contributed by atoms with Crippen molar-refractivity contribution in [3.63, 3.8) is 0 Å². The van der Waals surface area contributed by atoms with Crippen molar-refractivity contribution >= 4 is 21.8 Å². The fraction of sp³-hybridized carbons (Fsp3) is 0.462. The van der Waals surface area contributed by atoms with E-state index in [1.165, 1.54) is 6.07 Å². The van der Waals surface area contributed by atoms with Gasteiger partial charge in [-0.2, -0.15) is 0 Å². The molecule has 6 heteroatoms. The van der Waals surface area contributed by atoms with Crippen LogP contribution in [0.2, 0.25) is 0 Å². The number of nitrogens with zero attached hydrogens (tertiary/aromatic N) is 2. The maximum atomic E-state index is 13.7. The van der Waals surface area contributed by atoms with E-state index < -0.39 is 17.5 Å². The van der Waals surface area contributed by atoms with Crippen LogP contribution in [0, 0.1) is 11.6 Å². The number of rotatable bonds is 2. The number of likely N-dealkylation sites (N-methyl/N-ethyl adjacent to an activating group) is 1. The summed E-state index contributed by atoms with van der Waals surface area (Å²) in [5.74, 6) is -2.54. The molecule has 1 saturated heterocycles. The minimum atomic E-state index is -1.08. The third kappa shape index (κ3) is 3.12. The van der Waals surface area contributed by atoms with Crippen molar-refractivity contribution in [3.8, 4) is 0 Å². The zero-order valence-electron chi connectivity index (χ0n) is 10.6. The number of halogens is 3. The van der Waals surface area contributed by atoms with Gasteiger partial charge in [0, 0.05) is 30.7 Å². The van der Waals surface area contributed by atoms with Crippen LogP contribution in [0.1, 0.15) is 17.3 Å². The monoisotopic (exact) mass is 332 g/mol. The Morgan fingerprint density at radius 1 is 1.26 bits per heavy atom. The van der Waals surface area contributed by atoms with Crippen molar-refractivity contribution in [1.29, 1.82) is 0 Å². The maximum absolute atomic E-state index is 13.7. The molecule has 1 aliphatic heterocycles. The molecular weight excluding hydrogens is 318 g/mol. The minimum Gasteiger partial charge on any atom is -0.336 e. The Morgan fingerprint density at radius 3 is 2.47 bits per heavy atom. The predicted molar refractivity (Wildman–Crippen MR) is 72.1 cm³/mol. The SMILES string of the molecule is CCN1CCN(C(=O)c2cc(Br)cc(F)c2F)CC1. The number of piperazine rings is 1. The van der Waals surface area contributed by atoms with Gasteiger partial charge in [-0.05, 0) is 18.7 Å². The summed E-state index contributed by atoms with van der Waals surface area (Å²) in [7, 11) is 0. The summed E-state index contributed by atoms with van der Waals surface area (Å²) in [6.45, 7) is 5.60. The Morgan fingerprint density at radius 2 is 1.89 bits per heavy atom. The van der Waals surface area contributed by atoms with Gasteiger partial charge >= 0.3 is 0 Å². The van der Waals surface area contributed by atoms with Gasteiger partial charge in [0.25, 0.3) is 5.91 Å². The van der Waals surface area contributed by atoms with Crippen LogP contribution in [0.4, 0.5) is 8.78 Å². The summed E-state index contributed by atoms with van der Waals surface area (Å²) >= 11 is 3.07. The molecule has 0 N–H and O–H groups in total. The molecule has 0 saturated carbocycles. The van der Waals surface area contributed by atoms with Gasteiger partial charge in [0.2, 0.25) is 0 Å². The first kappa shape index (κ1) is 14.4. The largest absolute Gasteiger partial charge is 0.336 e. The zero-order valence-corrected chi connectivity index (χ0v) is 12.2. The number of hydrogen-bond acceptors (Lipinski definition) is 2. The number of carbonyl (C=O) groups is 1. The second kappa shape index (κ2) is 5.96. The lowest BCUT2D eigenvalue weighted by molar-refractivity contribution is 0.0637. The molecular formula is C13H15BrF2N2O. The molecule has 0 aliphatic carbocycles. The molecule has 0 bridgehead atoms. The lowest BCUT2D eigenvalue weighted by Crippen LogP contribution is -2.48. The fourth-order valence-electron chi connectivity index (χ4n) is 2.15. The molecule has 0 spiro atoms. The van der Waals surface area contributed by atoms with Gasteiger partial charge in [-0.1, -0.05) is 22.9 Å². The average molecular weight is 333 g/mol. The van der Waals surface area contributed by atoms with E-state index >= 15 is 0 Å². The van der Waals surface area contributed by atoms with E-state index in [4.69, 9.17) is 0 Å². The number of amides is 1. The Hall–Kier alpha value is -1.01. The topological polar surface area (TPSA) is 23.6 Å². The Kier molecular flexibility index (Phi) is 4.52. The van der Waals surface area contributed by atoms with Crippen molar-refractivity contribution in [1.82, 2.24) is 9.80 Å². The van der Waals surface area contributed by atoms with Gasteiger partial charge in [-0.3, -0.25) is 4.79 Å². The molecule has 1 aromatic carbocycles. The van der Waals surface area contributed by atoms with Gasteiger partial charge in [-0.15, -0.1) is 0 Å². The smallest absolute Gasteiger partial charge is 0.257 e. The molecule has 1 aromatic rings. The van der Waals surface area contributed by atoms with E-state index in [0.717, 1.165) is 25.7 Å². The summed E-state index contributed by atoms with van der Waals surface area (Å²) < 4.78 is 27.3. The van der Waals surface area contributed by atoms with Crippen LogP contribution in [0.25, 0.3) is 0 Å². The summed E-state index contributed by atoms with van der Waals surface area (Å²) in [5.41, 5.74) is -0.211. The van der Waals surface area contributed by atoms with Gasteiger partial charge in [0.05, 0.1) is 5.56 Å².